The molecule has 0 radical (unpaired) electrons. The van der Waals surface area contributed by atoms with Gasteiger partial charge in [-0.3, -0.25) is 10.1 Å². The first kappa shape index (κ1) is 11.9. The molecular weight excluding hydrogens is 216 g/mol. The Hall–Kier alpha value is -1.58. The predicted molar refractivity (Wildman–Crippen MR) is 68.3 cm³/mol. The van der Waals surface area contributed by atoms with Crippen LogP contribution in [0.15, 0.2) is 24.3 Å². The van der Waals surface area contributed by atoms with Gasteiger partial charge in [0.25, 0.3) is 5.69 Å². The van der Waals surface area contributed by atoms with Gasteiger partial charge in [-0.25, -0.2) is 0 Å². The third-order valence-corrected chi connectivity index (χ3v) is 3.27. The lowest BCUT2D eigenvalue weighted by Crippen LogP contribution is -2.38. The van der Waals surface area contributed by atoms with Crippen LogP contribution in [-0.2, 0) is 0 Å². The summed E-state index contributed by atoms with van der Waals surface area (Å²) in [7, 11) is 0. The van der Waals surface area contributed by atoms with E-state index in [1.54, 1.807) is 18.2 Å². The van der Waals surface area contributed by atoms with Crippen LogP contribution in [-0.4, -0.2) is 18.0 Å². The molecule has 0 aromatic heterocycles. The summed E-state index contributed by atoms with van der Waals surface area (Å²) < 4.78 is 0. The van der Waals surface area contributed by atoms with Gasteiger partial charge in [0.05, 0.1) is 4.92 Å². The molecule has 1 saturated heterocycles. The van der Waals surface area contributed by atoms with Crippen molar-refractivity contribution < 1.29 is 4.92 Å². The van der Waals surface area contributed by atoms with Crippen LogP contribution < -0.4 is 4.90 Å². The van der Waals surface area contributed by atoms with Crippen molar-refractivity contribution in [1.29, 1.82) is 0 Å². The van der Waals surface area contributed by atoms with Gasteiger partial charge in [0.2, 0.25) is 0 Å². The van der Waals surface area contributed by atoms with E-state index in [1.165, 1.54) is 6.42 Å². The maximum Gasteiger partial charge on any atom is 0.271 e. The molecule has 0 bridgehead atoms. The predicted octanol–water partition coefficient (Wildman–Crippen LogP) is 3.08. The summed E-state index contributed by atoms with van der Waals surface area (Å²) in [6.07, 6.45) is 1.24. The van der Waals surface area contributed by atoms with Gasteiger partial charge in [0.1, 0.15) is 0 Å². The Kier molecular flexibility index (Phi) is 3.31. The highest BCUT2D eigenvalue weighted by Gasteiger charge is 2.22. The third kappa shape index (κ3) is 2.75. The second-order valence-corrected chi connectivity index (χ2v) is 5.13. The molecule has 2 rings (SSSR count). The maximum absolute atomic E-state index is 10.8. The summed E-state index contributed by atoms with van der Waals surface area (Å²) in [6, 6.07) is 6.93. The van der Waals surface area contributed by atoms with Crippen LogP contribution in [0.2, 0.25) is 0 Å². The zero-order chi connectivity index (χ0) is 12.4. The normalized spacial score (nSPS) is 24.7. The molecule has 1 aliphatic rings. The van der Waals surface area contributed by atoms with E-state index in [1.807, 2.05) is 6.07 Å². The number of piperidine rings is 1. The summed E-state index contributed by atoms with van der Waals surface area (Å²) in [6.45, 7) is 6.46. The molecule has 0 N–H and O–H groups in total. The monoisotopic (exact) mass is 234 g/mol. The molecule has 1 aliphatic heterocycles. The molecule has 0 aliphatic carbocycles. The van der Waals surface area contributed by atoms with Gasteiger partial charge in [-0.05, 0) is 24.3 Å². The van der Waals surface area contributed by atoms with Crippen LogP contribution in [0.25, 0.3) is 0 Å². The number of nitrogens with zero attached hydrogens (tertiary/aromatic N) is 2. The molecule has 0 saturated carbocycles. The fraction of sp³-hybridized carbons (Fsp3) is 0.538. The molecule has 92 valence electrons. The first-order valence-electron chi connectivity index (χ1n) is 6.05. The smallest absolute Gasteiger partial charge is 0.271 e. The molecule has 1 heterocycles. The highest BCUT2D eigenvalue weighted by molar-refractivity contribution is 5.53. The van der Waals surface area contributed by atoms with Crippen LogP contribution in [0.1, 0.15) is 20.3 Å². The lowest BCUT2D eigenvalue weighted by Gasteiger charge is -2.36. The van der Waals surface area contributed by atoms with E-state index in [9.17, 15) is 10.1 Å². The number of benzene rings is 1. The Labute approximate surface area is 101 Å². The minimum atomic E-state index is -0.333. The van der Waals surface area contributed by atoms with Crippen LogP contribution in [0.4, 0.5) is 11.4 Å². The average molecular weight is 234 g/mol. The fourth-order valence-corrected chi connectivity index (χ4v) is 2.68. The van der Waals surface area contributed by atoms with Crippen molar-refractivity contribution in [3.05, 3.63) is 34.4 Å². The quantitative estimate of drug-likeness (QED) is 0.583. The zero-order valence-electron chi connectivity index (χ0n) is 10.3. The minimum absolute atomic E-state index is 0.174. The van der Waals surface area contributed by atoms with E-state index in [0.717, 1.165) is 18.8 Å². The Balaban J connectivity index is 2.21. The number of hydrogen-bond donors (Lipinski definition) is 0. The van der Waals surface area contributed by atoms with Gasteiger partial charge in [-0.1, -0.05) is 19.9 Å². The second-order valence-electron chi connectivity index (χ2n) is 5.13. The van der Waals surface area contributed by atoms with Gasteiger partial charge >= 0.3 is 0 Å². The topological polar surface area (TPSA) is 46.4 Å². The summed E-state index contributed by atoms with van der Waals surface area (Å²) in [4.78, 5) is 12.7. The van der Waals surface area contributed by atoms with Crippen molar-refractivity contribution in [2.24, 2.45) is 11.8 Å². The third-order valence-electron chi connectivity index (χ3n) is 3.27. The standard InChI is InChI=1S/C13H18N2O2/c1-10-6-11(2)9-14(8-10)12-4-3-5-13(7-12)15(16)17/h3-5,7,10-11H,6,8-9H2,1-2H3/t10-,11-/m1/s1. The van der Waals surface area contributed by atoms with Crippen LogP contribution >= 0.6 is 0 Å². The van der Waals surface area contributed by atoms with E-state index in [-0.39, 0.29) is 10.6 Å². The average Bonchev–Trinajstić information content (AvgIpc) is 2.28. The molecule has 0 amide bonds. The number of hydrogen-bond acceptors (Lipinski definition) is 3. The lowest BCUT2D eigenvalue weighted by molar-refractivity contribution is -0.384. The first-order valence-corrected chi connectivity index (χ1v) is 6.05. The van der Waals surface area contributed by atoms with E-state index < -0.39 is 0 Å². The molecule has 0 spiro atoms. The minimum Gasteiger partial charge on any atom is -0.371 e. The van der Waals surface area contributed by atoms with Crippen molar-refractivity contribution in [2.75, 3.05) is 18.0 Å². The number of anilines is 1. The summed E-state index contributed by atoms with van der Waals surface area (Å²) in [5.74, 6) is 1.30. The molecule has 4 nitrogen and oxygen atoms in total. The zero-order valence-corrected chi connectivity index (χ0v) is 10.3. The SMILES string of the molecule is C[C@@H]1C[C@@H](C)CN(c2cccc([N+](=O)[O-])c2)C1. The van der Waals surface area contributed by atoms with E-state index >= 15 is 0 Å². The molecule has 4 heteroatoms. The Morgan fingerprint density at radius 3 is 2.53 bits per heavy atom. The van der Waals surface area contributed by atoms with Crippen LogP contribution in [0.3, 0.4) is 0 Å². The van der Waals surface area contributed by atoms with Crippen molar-refractivity contribution >= 4 is 11.4 Å². The van der Waals surface area contributed by atoms with Crippen molar-refractivity contribution in [2.45, 2.75) is 20.3 Å². The lowest BCUT2D eigenvalue weighted by atomic mass is 9.91. The summed E-state index contributed by atoms with van der Waals surface area (Å²) in [5, 5.41) is 10.8. The van der Waals surface area contributed by atoms with E-state index in [4.69, 9.17) is 0 Å². The molecule has 2 atom stereocenters. The Morgan fingerprint density at radius 2 is 1.94 bits per heavy atom. The van der Waals surface area contributed by atoms with Gasteiger partial charge < -0.3 is 4.90 Å². The summed E-state index contributed by atoms with van der Waals surface area (Å²) in [5.41, 5.74) is 1.14. The van der Waals surface area contributed by atoms with Gasteiger partial charge in [-0.2, -0.15) is 0 Å². The largest absolute Gasteiger partial charge is 0.371 e. The molecular formula is C13H18N2O2. The van der Waals surface area contributed by atoms with Crippen molar-refractivity contribution in [3.63, 3.8) is 0 Å². The van der Waals surface area contributed by atoms with Gasteiger partial charge in [0, 0.05) is 30.9 Å². The fourth-order valence-electron chi connectivity index (χ4n) is 2.68. The Morgan fingerprint density at radius 1 is 1.29 bits per heavy atom. The maximum atomic E-state index is 10.8. The van der Waals surface area contributed by atoms with Gasteiger partial charge in [-0.15, -0.1) is 0 Å². The highest BCUT2D eigenvalue weighted by Crippen LogP contribution is 2.28. The summed E-state index contributed by atoms with van der Waals surface area (Å²) >= 11 is 0. The second kappa shape index (κ2) is 4.73. The first-order chi connectivity index (χ1) is 8.06. The van der Waals surface area contributed by atoms with Crippen LogP contribution in [0.5, 0.6) is 0 Å². The van der Waals surface area contributed by atoms with Crippen LogP contribution in [0, 0.1) is 22.0 Å². The molecule has 1 aromatic carbocycles. The van der Waals surface area contributed by atoms with E-state index in [0.29, 0.717) is 11.8 Å². The van der Waals surface area contributed by atoms with Crippen molar-refractivity contribution in [3.8, 4) is 0 Å². The number of rotatable bonds is 2. The molecule has 17 heavy (non-hydrogen) atoms. The molecule has 1 aromatic rings. The molecule has 1 fully saturated rings. The number of nitro groups is 1. The highest BCUT2D eigenvalue weighted by atomic mass is 16.6. The van der Waals surface area contributed by atoms with Crippen molar-refractivity contribution in [1.82, 2.24) is 0 Å². The van der Waals surface area contributed by atoms with E-state index in [2.05, 4.69) is 18.7 Å². The van der Waals surface area contributed by atoms with Gasteiger partial charge in [0.15, 0.2) is 0 Å². The molecule has 0 unspecified atom stereocenters. The number of non-ortho nitro benzene ring substituents is 1. The number of nitro benzene ring substituents is 1. The Bertz CT molecular complexity index is 410.